The van der Waals surface area contributed by atoms with E-state index in [0.29, 0.717) is 17.6 Å². The van der Waals surface area contributed by atoms with Gasteiger partial charge in [-0.25, -0.2) is 0 Å². The summed E-state index contributed by atoms with van der Waals surface area (Å²) >= 11 is 0. The summed E-state index contributed by atoms with van der Waals surface area (Å²) in [5, 5.41) is 0. The van der Waals surface area contributed by atoms with Gasteiger partial charge in [-0.2, -0.15) is 4.98 Å². The predicted octanol–water partition coefficient (Wildman–Crippen LogP) is 2.83. The van der Waals surface area contributed by atoms with E-state index < -0.39 is 0 Å². The van der Waals surface area contributed by atoms with Crippen molar-refractivity contribution in [1.29, 1.82) is 0 Å². The second-order valence-corrected chi connectivity index (χ2v) is 5.27. The molecule has 0 spiro atoms. The molecule has 100 valence electrons. The Morgan fingerprint density at radius 2 is 2.17 bits per heavy atom. The molecule has 4 heteroatoms. The summed E-state index contributed by atoms with van der Waals surface area (Å²) in [4.78, 5) is 6.91. The van der Waals surface area contributed by atoms with Crippen molar-refractivity contribution in [3.05, 3.63) is 12.1 Å². The maximum Gasteiger partial charge on any atom is 0.239 e. The molecule has 1 unspecified atom stereocenters. The highest BCUT2D eigenvalue weighted by molar-refractivity contribution is 5.55. The van der Waals surface area contributed by atoms with Crippen molar-refractivity contribution < 1.29 is 4.74 Å². The fraction of sp³-hybridized carbons (Fsp3) is 0.643. The van der Waals surface area contributed by atoms with Crippen molar-refractivity contribution in [2.45, 2.75) is 52.2 Å². The molecule has 0 amide bonds. The summed E-state index contributed by atoms with van der Waals surface area (Å²) in [5.41, 5.74) is 6.50. The van der Waals surface area contributed by atoms with E-state index in [2.05, 4.69) is 16.8 Å². The first-order valence-electron chi connectivity index (χ1n) is 6.77. The van der Waals surface area contributed by atoms with Gasteiger partial charge in [-0.15, -0.1) is 0 Å². The van der Waals surface area contributed by atoms with Crippen molar-refractivity contribution in [2.24, 2.45) is 0 Å². The zero-order chi connectivity index (χ0) is 13.1. The number of ether oxygens (including phenoxy) is 1. The molecular formula is C14H23N3O. The van der Waals surface area contributed by atoms with Crippen molar-refractivity contribution in [1.82, 2.24) is 4.98 Å². The van der Waals surface area contributed by atoms with E-state index in [1.165, 1.54) is 19.3 Å². The van der Waals surface area contributed by atoms with Crippen LogP contribution in [0, 0.1) is 0 Å². The van der Waals surface area contributed by atoms with Crippen LogP contribution in [0.25, 0.3) is 0 Å². The Hall–Kier alpha value is -1.45. The third kappa shape index (κ3) is 2.86. The Morgan fingerprint density at radius 1 is 1.39 bits per heavy atom. The van der Waals surface area contributed by atoms with Crippen LogP contribution in [0.1, 0.15) is 40.0 Å². The molecule has 1 fully saturated rings. The minimum Gasteiger partial charge on any atom is -0.473 e. The van der Waals surface area contributed by atoms with Gasteiger partial charge in [-0.3, -0.25) is 0 Å². The number of nitrogens with two attached hydrogens (primary N) is 1. The van der Waals surface area contributed by atoms with Crippen LogP contribution < -0.4 is 15.4 Å². The number of piperidine rings is 1. The van der Waals surface area contributed by atoms with E-state index in [4.69, 9.17) is 10.5 Å². The normalized spacial score (nSPS) is 20.2. The van der Waals surface area contributed by atoms with Crippen LogP contribution in [0.2, 0.25) is 0 Å². The lowest BCUT2D eigenvalue weighted by molar-refractivity contribution is 0.234. The largest absolute Gasteiger partial charge is 0.473 e. The Labute approximate surface area is 109 Å². The fourth-order valence-electron chi connectivity index (χ4n) is 2.36. The van der Waals surface area contributed by atoms with Gasteiger partial charge < -0.3 is 15.4 Å². The minimum atomic E-state index is 0.0915. The van der Waals surface area contributed by atoms with E-state index in [1.54, 1.807) is 0 Å². The Bertz CT molecular complexity index is 406. The Balaban J connectivity index is 2.22. The third-order valence-electron chi connectivity index (χ3n) is 3.32. The highest BCUT2D eigenvalue weighted by atomic mass is 16.5. The van der Waals surface area contributed by atoms with Gasteiger partial charge >= 0.3 is 0 Å². The smallest absolute Gasteiger partial charge is 0.239 e. The van der Waals surface area contributed by atoms with Gasteiger partial charge in [-0.1, -0.05) is 0 Å². The Morgan fingerprint density at radius 3 is 2.83 bits per heavy atom. The van der Waals surface area contributed by atoms with E-state index in [0.717, 1.165) is 12.4 Å². The molecule has 1 aliphatic heterocycles. The summed E-state index contributed by atoms with van der Waals surface area (Å²) in [5.74, 6) is 1.53. The van der Waals surface area contributed by atoms with Crippen LogP contribution >= 0.6 is 0 Å². The number of aromatic nitrogens is 1. The third-order valence-corrected chi connectivity index (χ3v) is 3.32. The molecule has 2 rings (SSSR count). The molecule has 4 nitrogen and oxygen atoms in total. The monoisotopic (exact) mass is 249 g/mol. The van der Waals surface area contributed by atoms with E-state index in [1.807, 2.05) is 26.0 Å². The van der Waals surface area contributed by atoms with E-state index in [-0.39, 0.29) is 6.10 Å². The van der Waals surface area contributed by atoms with Crippen molar-refractivity contribution in [2.75, 3.05) is 17.2 Å². The summed E-state index contributed by atoms with van der Waals surface area (Å²) in [7, 11) is 0. The van der Waals surface area contributed by atoms with Crippen molar-refractivity contribution in [3.63, 3.8) is 0 Å². The molecular weight excluding hydrogens is 226 g/mol. The highest BCUT2D eigenvalue weighted by Crippen LogP contribution is 2.28. The lowest BCUT2D eigenvalue weighted by Gasteiger charge is -2.34. The lowest BCUT2D eigenvalue weighted by atomic mass is 10.0. The number of nitrogens with zero attached hydrogens (tertiary/aromatic N) is 2. The molecule has 1 atom stereocenters. The average molecular weight is 249 g/mol. The van der Waals surface area contributed by atoms with Gasteiger partial charge in [0.25, 0.3) is 0 Å². The van der Waals surface area contributed by atoms with Crippen molar-refractivity contribution >= 4 is 11.5 Å². The van der Waals surface area contributed by atoms with Gasteiger partial charge in [0.1, 0.15) is 5.82 Å². The zero-order valence-corrected chi connectivity index (χ0v) is 11.5. The molecule has 1 aromatic rings. The number of rotatable bonds is 3. The quantitative estimate of drug-likeness (QED) is 0.895. The molecule has 2 N–H and O–H groups in total. The second kappa shape index (κ2) is 5.46. The first-order valence-corrected chi connectivity index (χ1v) is 6.77. The molecule has 0 radical (unpaired) electrons. The van der Waals surface area contributed by atoms with Crippen LogP contribution in [-0.2, 0) is 0 Å². The molecule has 0 saturated carbocycles. The van der Waals surface area contributed by atoms with Crippen LogP contribution in [0.15, 0.2) is 12.1 Å². The fourth-order valence-corrected chi connectivity index (χ4v) is 2.36. The molecule has 0 bridgehead atoms. The van der Waals surface area contributed by atoms with Gasteiger partial charge in [0, 0.05) is 12.6 Å². The van der Waals surface area contributed by atoms with E-state index >= 15 is 0 Å². The summed E-state index contributed by atoms with van der Waals surface area (Å²) < 4.78 is 5.65. The summed E-state index contributed by atoms with van der Waals surface area (Å²) in [6, 6.07) is 4.42. The van der Waals surface area contributed by atoms with Gasteiger partial charge in [0.2, 0.25) is 5.88 Å². The maximum atomic E-state index is 5.90. The van der Waals surface area contributed by atoms with Crippen LogP contribution in [0.5, 0.6) is 5.88 Å². The number of hydrogen-bond donors (Lipinski definition) is 1. The molecule has 1 aromatic heterocycles. The Kier molecular flexibility index (Phi) is 3.94. The lowest BCUT2D eigenvalue weighted by Crippen LogP contribution is -2.38. The van der Waals surface area contributed by atoms with Crippen LogP contribution in [0.4, 0.5) is 11.5 Å². The van der Waals surface area contributed by atoms with Crippen LogP contribution in [0.3, 0.4) is 0 Å². The number of nitrogen functional groups attached to an aromatic ring is 1. The predicted molar refractivity (Wildman–Crippen MR) is 75.1 cm³/mol. The SMILES string of the molecule is CC(C)Oc1nc(N2CCCCC2C)ccc1N. The molecule has 0 aromatic carbocycles. The van der Waals surface area contributed by atoms with Crippen molar-refractivity contribution in [3.8, 4) is 5.88 Å². The number of hydrogen-bond acceptors (Lipinski definition) is 4. The van der Waals surface area contributed by atoms with Gasteiger partial charge in [0.15, 0.2) is 0 Å². The number of pyridine rings is 1. The standard InChI is InChI=1S/C14H23N3O/c1-10(2)18-14-12(15)7-8-13(16-14)17-9-5-4-6-11(17)3/h7-8,10-11H,4-6,9,15H2,1-3H3. The van der Waals surface area contributed by atoms with Crippen LogP contribution in [-0.4, -0.2) is 23.7 Å². The summed E-state index contributed by atoms with van der Waals surface area (Å²) in [6.07, 6.45) is 3.86. The molecule has 1 saturated heterocycles. The molecule has 1 aliphatic rings. The topological polar surface area (TPSA) is 51.4 Å². The van der Waals surface area contributed by atoms with E-state index in [9.17, 15) is 0 Å². The molecule has 2 heterocycles. The minimum absolute atomic E-state index is 0.0915. The maximum absolute atomic E-state index is 5.90. The molecule has 18 heavy (non-hydrogen) atoms. The zero-order valence-electron chi connectivity index (χ0n) is 11.5. The second-order valence-electron chi connectivity index (χ2n) is 5.27. The number of anilines is 2. The summed E-state index contributed by atoms with van der Waals surface area (Å²) in [6.45, 7) is 7.29. The molecule has 0 aliphatic carbocycles. The highest BCUT2D eigenvalue weighted by Gasteiger charge is 2.20. The van der Waals surface area contributed by atoms with Gasteiger partial charge in [-0.05, 0) is 52.2 Å². The van der Waals surface area contributed by atoms with Gasteiger partial charge in [0.05, 0.1) is 11.8 Å². The average Bonchev–Trinajstić information content (AvgIpc) is 2.32. The first-order chi connectivity index (χ1) is 8.58. The first kappa shape index (κ1) is 13.0.